The van der Waals surface area contributed by atoms with Crippen molar-refractivity contribution < 1.29 is 14.3 Å². The van der Waals surface area contributed by atoms with Crippen LogP contribution in [-0.4, -0.2) is 41.4 Å². The zero-order chi connectivity index (χ0) is 12.4. The molecule has 5 heteroatoms. The summed E-state index contributed by atoms with van der Waals surface area (Å²) < 4.78 is 13.3. The third-order valence-electron chi connectivity index (χ3n) is 2.85. The molecule has 1 amide bonds. The Balaban J connectivity index is 2.19. The molecule has 1 fully saturated rings. The maximum Gasteiger partial charge on any atom is 0.253 e. The van der Waals surface area contributed by atoms with Gasteiger partial charge in [0.1, 0.15) is 5.82 Å². The molecule has 3 nitrogen and oxygen atoms in total. The van der Waals surface area contributed by atoms with Crippen molar-refractivity contribution in [2.45, 2.75) is 17.4 Å². The molecule has 0 bridgehead atoms. The fourth-order valence-electron chi connectivity index (χ4n) is 1.90. The van der Waals surface area contributed by atoms with Crippen molar-refractivity contribution in [3.63, 3.8) is 0 Å². The Bertz CT molecular complexity index is 439. The fourth-order valence-corrected chi connectivity index (χ4v) is 2.41. The van der Waals surface area contributed by atoms with Crippen LogP contribution in [0.25, 0.3) is 0 Å². The Kier molecular flexibility index (Phi) is 3.69. The van der Waals surface area contributed by atoms with Crippen LogP contribution in [0.5, 0.6) is 0 Å². The first-order valence-electron chi connectivity index (χ1n) is 5.42. The van der Waals surface area contributed by atoms with Gasteiger partial charge in [0.25, 0.3) is 5.91 Å². The minimum absolute atomic E-state index is 0.142. The normalized spacial score (nSPS) is 19.7. The fraction of sp³-hybridized carbons (Fsp3) is 0.417. The summed E-state index contributed by atoms with van der Waals surface area (Å²) in [4.78, 5) is 14.1. The lowest BCUT2D eigenvalue weighted by molar-refractivity contribution is 0.0764. The van der Waals surface area contributed by atoms with Crippen LogP contribution in [0.2, 0.25) is 0 Å². The summed E-state index contributed by atoms with van der Waals surface area (Å²) in [6.07, 6.45) is 1.95. The van der Waals surface area contributed by atoms with E-state index in [9.17, 15) is 14.3 Å². The highest BCUT2D eigenvalue weighted by Gasteiger charge is 2.25. The van der Waals surface area contributed by atoms with Gasteiger partial charge in [0.2, 0.25) is 0 Å². The van der Waals surface area contributed by atoms with E-state index >= 15 is 0 Å². The zero-order valence-electron chi connectivity index (χ0n) is 9.52. The van der Waals surface area contributed by atoms with Gasteiger partial charge < -0.3 is 10.0 Å². The average molecular weight is 255 g/mol. The molecule has 1 aliphatic heterocycles. The lowest BCUT2D eigenvalue weighted by Gasteiger charge is -2.15. The maximum absolute atomic E-state index is 13.3. The number of carbonyl (C=O) groups is 1. The van der Waals surface area contributed by atoms with Gasteiger partial charge in [0.05, 0.1) is 6.10 Å². The first kappa shape index (κ1) is 12.4. The highest BCUT2D eigenvalue weighted by atomic mass is 32.2. The lowest BCUT2D eigenvalue weighted by Crippen LogP contribution is -2.29. The van der Waals surface area contributed by atoms with E-state index in [1.165, 1.54) is 23.9 Å². The number of benzene rings is 1. The van der Waals surface area contributed by atoms with E-state index in [2.05, 4.69) is 0 Å². The standard InChI is InChI=1S/C12H14FNO2S/c1-17-11-6-8(2-3-10(11)13)12(16)14-5-4-9(15)7-14/h2-3,6,9,15H,4-5,7H2,1H3/t9-/m1/s1. The van der Waals surface area contributed by atoms with Gasteiger partial charge >= 0.3 is 0 Å². The number of nitrogens with zero attached hydrogens (tertiary/aromatic N) is 1. The van der Waals surface area contributed by atoms with Crippen molar-refractivity contribution in [1.82, 2.24) is 4.90 Å². The van der Waals surface area contributed by atoms with Gasteiger partial charge in [0.15, 0.2) is 0 Å². The maximum atomic E-state index is 13.3. The van der Waals surface area contributed by atoms with Gasteiger partial charge in [0, 0.05) is 23.5 Å². The minimum atomic E-state index is -0.431. The number of β-amino-alcohol motifs (C(OH)–C–C–N with tert-alkyl or cyclic N) is 1. The van der Waals surface area contributed by atoms with E-state index in [-0.39, 0.29) is 11.7 Å². The summed E-state index contributed by atoms with van der Waals surface area (Å²) >= 11 is 1.27. The SMILES string of the molecule is CSc1cc(C(=O)N2CC[C@@H](O)C2)ccc1F. The van der Waals surface area contributed by atoms with Crippen molar-refractivity contribution in [3.05, 3.63) is 29.6 Å². The molecule has 17 heavy (non-hydrogen) atoms. The van der Waals surface area contributed by atoms with E-state index in [1.807, 2.05) is 0 Å². The molecule has 0 saturated carbocycles. The Morgan fingerprint density at radius 3 is 2.94 bits per heavy atom. The number of thioether (sulfide) groups is 1. The third kappa shape index (κ3) is 2.61. The number of rotatable bonds is 2. The first-order chi connectivity index (χ1) is 8.11. The summed E-state index contributed by atoms with van der Waals surface area (Å²) in [7, 11) is 0. The van der Waals surface area contributed by atoms with Crippen LogP contribution in [0.3, 0.4) is 0 Å². The van der Waals surface area contributed by atoms with Gasteiger partial charge in [-0.25, -0.2) is 4.39 Å². The zero-order valence-corrected chi connectivity index (χ0v) is 10.3. The molecule has 0 unspecified atom stereocenters. The van der Waals surface area contributed by atoms with Gasteiger partial charge in [-0.15, -0.1) is 11.8 Å². The molecule has 92 valence electrons. The monoisotopic (exact) mass is 255 g/mol. The molecular formula is C12H14FNO2S. The molecule has 1 aliphatic rings. The number of aliphatic hydroxyl groups excluding tert-OH is 1. The van der Waals surface area contributed by atoms with Crippen LogP contribution in [0.4, 0.5) is 4.39 Å². The van der Waals surface area contributed by atoms with Crippen LogP contribution in [0.1, 0.15) is 16.8 Å². The van der Waals surface area contributed by atoms with Gasteiger partial charge in [-0.1, -0.05) is 0 Å². The first-order valence-corrected chi connectivity index (χ1v) is 6.65. The quantitative estimate of drug-likeness (QED) is 0.819. The second-order valence-corrected chi connectivity index (χ2v) is 4.89. The van der Waals surface area contributed by atoms with Crippen molar-refractivity contribution >= 4 is 17.7 Å². The molecule has 1 aromatic rings. The number of hydrogen-bond donors (Lipinski definition) is 1. The molecule has 0 aromatic heterocycles. The predicted molar refractivity (Wildman–Crippen MR) is 64.7 cm³/mol. The van der Waals surface area contributed by atoms with Crippen LogP contribution >= 0.6 is 11.8 Å². The molecule has 1 atom stereocenters. The molecule has 1 heterocycles. The smallest absolute Gasteiger partial charge is 0.253 e. The van der Waals surface area contributed by atoms with E-state index in [4.69, 9.17) is 0 Å². The Morgan fingerprint density at radius 1 is 1.59 bits per heavy atom. The molecule has 0 spiro atoms. The van der Waals surface area contributed by atoms with E-state index in [0.29, 0.717) is 30.0 Å². The van der Waals surface area contributed by atoms with E-state index in [1.54, 1.807) is 17.2 Å². The van der Waals surface area contributed by atoms with E-state index in [0.717, 1.165) is 0 Å². The molecule has 1 aromatic carbocycles. The predicted octanol–water partition coefficient (Wildman–Crippen LogP) is 1.75. The van der Waals surface area contributed by atoms with Gasteiger partial charge in [-0.3, -0.25) is 4.79 Å². The topological polar surface area (TPSA) is 40.5 Å². The number of aliphatic hydroxyl groups is 1. The number of amides is 1. The van der Waals surface area contributed by atoms with Crippen molar-refractivity contribution in [2.75, 3.05) is 19.3 Å². The van der Waals surface area contributed by atoms with E-state index < -0.39 is 6.10 Å². The second-order valence-electron chi connectivity index (χ2n) is 4.04. The minimum Gasteiger partial charge on any atom is -0.391 e. The van der Waals surface area contributed by atoms with Crippen molar-refractivity contribution in [1.29, 1.82) is 0 Å². The van der Waals surface area contributed by atoms with Gasteiger partial charge in [-0.2, -0.15) is 0 Å². The van der Waals surface area contributed by atoms with Crippen LogP contribution < -0.4 is 0 Å². The van der Waals surface area contributed by atoms with Crippen molar-refractivity contribution in [2.24, 2.45) is 0 Å². The summed E-state index contributed by atoms with van der Waals surface area (Å²) in [5.74, 6) is -0.452. The largest absolute Gasteiger partial charge is 0.391 e. The Labute approximate surface area is 104 Å². The third-order valence-corrected chi connectivity index (χ3v) is 3.60. The summed E-state index contributed by atoms with van der Waals surface area (Å²) in [5.41, 5.74) is 0.477. The highest BCUT2D eigenvalue weighted by Crippen LogP contribution is 2.22. The summed E-state index contributed by atoms with van der Waals surface area (Å²) in [6.45, 7) is 0.927. The molecular weight excluding hydrogens is 241 g/mol. The lowest BCUT2D eigenvalue weighted by atomic mass is 10.2. The van der Waals surface area contributed by atoms with Gasteiger partial charge in [-0.05, 0) is 30.9 Å². The number of halogens is 1. The number of likely N-dealkylation sites (tertiary alicyclic amines) is 1. The molecule has 2 rings (SSSR count). The summed E-state index contributed by atoms with van der Waals surface area (Å²) in [6, 6.07) is 4.36. The van der Waals surface area contributed by atoms with Crippen LogP contribution in [0.15, 0.2) is 23.1 Å². The molecule has 0 aliphatic carbocycles. The molecule has 1 saturated heterocycles. The Morgan fingerprint density at radius 2 is 2.35 bits per heavy atom. The second kappa shape index (κ2) is 5.06. The summed E-state index contributed by atoms with van der Waals surface area (Å²) in [5, 5.41) is 9.38. The molecule has 0 radical (unpaired) electrons. The van der Waals surface area contributed by atoms with Crippen LogP contribution in [-0.2, 0) is 0 Å². The highest BCUT2D eigenvalue weighted by molar-refractivity contribution is 7.98. The van der Waals surface area contributed by atoms with Crippen LogP contribution in [0, 0.1) is 5.82 Å². The number of hydrogen-bond acceptors (Lipinski definition) is 3. The number of carbonyl (C=O) groups excluding carboxylic acids is 1. The average Bonchev–Trinajstić information content (AvgIpc) is 2.75. The van der Waals surface area contributed by atoms with Crippen molar-refractivity contribution in [3.8, 4) is 0 Å². The molecule has 1 N–H and O–H groups in total. The Hall–Kier alpha value is -1.07.